The third kappa shape index (κ3) is 6.03. The van der Waals surface area contributed by atoms with Gasteiger partial charge in [-0.3, -0.25) is 14.2 Å². The van der Waals surface area contributed by atoms with E-state index in [1.54, 1.807) is 50.3 Å². The lowest BCUT2D eigenvalue weighted by Crippen LogP contribution is -2.40. The van der Waals surface area contributed by atoms with Crippen molar-refractivity contribution in [3.8, 4) is 0 Å². The van der Waals surface area contributed by atoms with E-state index in [-0.39, 0.29) is 23.3 Å². The Morgan fingerprint density at radius 3 is 2.64 bits per heavy atom. The first kappa shape index (κ1) is 30.1. The fourth-order valence-electron chi connectivity index (χ4n) is 4.73. The molecule has 2 aromatic carbocycles. The summed E-state index contributed by atoms with van der Waals surface area (Å²) in [5.41, 5.74) is 2.02. The van der Waals surface area contributed by atoms with Crippen molar-refractivity contribution in [2.75, 3.05) is 6.61 Å². The third-order valence-corrected chi connectivity index (χ3v) is 9.51. The van der Waals surface area contributed by atoms with E-state index in [0.717, 1.165) is 11.8 Å². The quantitative estimate of drug-likeness (QED) is 0.176. The summed E-state index contributed by atoms with van der Waals surface area (Å²) in [5, 5.41) is 1.35. The van der Waals surface area contributed by atoms with Crippen molar-refractivity contribution < 1.29 is 13.9 Å². The number of H-pyrrole nitrogens is 1. The number of ether oxygens (including phenoxy) is 1. The zero-order valence-electron chi connectivity index (χ0n) is 23.2. The van der Waals surface area contributed by atoms with Crippen molar-refractivity contribution in [1.82, 2.24) is 14.5 Å². The molecule has 0 bridgehead atoms. The molecular weight excluding hydrogens is 688 g/mol. The summed E-state index contributed by atoms with van der Waals surface area (Å²) in [6.07, 6.45) is 1.63. The molecule has 222 valence electrons. The van der Waals surface area contributed by atoms with E-state index in [0.29, 0.717) is 57.4 Å². The summed E-state index contributed by atoms with van der Waals surface area (Å²) >= 11 is 12.0. The highest BCUT2D eigenvalue weighted by molar-refractivity contribution is 9.10. The number of nitrogens with one attached hydrogen (secondary N) is 1. The van der Waals surface area contributed by atoms with Gasteiger partial charge in [-0.15, -0.1) is 0 Å². The lowest BCUT2D eigenvalue weighted by atomic mass is 9.93. The highest BCUT2D eigenvalue weighted by Crippen LogP contribution is 2.36. The number of benzene rings is 2. The molecule has 44 heavy (non-hydrogen) atoms. The number of furan rings is 1. The largest absolute Gasteiger partial charge is 0.463 e. The zero-order valence-corrected chi connectivity index (χ0v) is 27.1. The van der Waals surface area contributed by atoms with Gasteiger partial charge in [0.05, 0.1) is 32.9 Å². The summed E-state index contributed by atoms with van der Waals surface area (Å²) in [6.45, 7) is 3.62. The number of esters is 1. The molecule has 4 heterocycles. The van der Waals surface area contributed by atoms with Crippen LogP contribution in [0, 0.1) is 6.92 Å². The zero-order chi connectivity index (χ0) is 31.0. The molecular formula is C31H22BrClN4O5S2. The molecule has 1 N–H and O–H groups in total. The average Bonchev–Trinajstić information content (AvgIpc) is 3.49. The Balaban J connectivity index is 1.52. The number of aromatic nitrogens is 3. The maximum atomic E-state index is 14.1. The number of fused-ring (bicyclic) bond motifs is 1. The molecule has 0 saturated heterocycles. The van der Waals surface area contributed by atoms with Gasteiger partial charge in [0, 0.05) is 28.4 Å². The van der Waals surface area contributed by atoms with Gasteiger partial charge in [0.2, 0.25) is 0 Å². The highest BCUT2D eigenvalue weighted by atomic mass is 79.9. The number of hydrogen-bond donors (Lipinski definition) is 1. The molecule has 0 fully saturated rings. The van der Waals surface area contributed by atoms with E-state index in [4.69, 9.17) is 25.7 Å². The van der Waals surface area contributed by atoms with Gasteiger partial charge in [-0.2, -0.15) is 0 Å². The van der Waals surface area contributed by atoms with Crippen LogP contribution >= 0.6 is 50.6 Å². The molecule has 3 aromatic heterocycles. The van der Waals surface area contributed by atoms with Gasteiger partial charge in [-0.05, 0) is 65.3 Å². The standard InChI is InChI=1S/C31H22BrClN4O5S2/c1-3-41-28(40)24-25(17-7-5-4-6-8-17)36-31-37(26(24)18-9-11-19(33)12-10-18)27(39)22(43-31)15-20-14-21(32)29(42-20)44-30-34-16(2)13-23(38)35-30/h4-15,26H,3H2,1-2H3,(H,34,35,38)/b22-15+/t26-/m0/s1. The average molecular weight is 710 g/mol. The topological polar surface area (TPSA) is 120 Å². The van der Waals surface area contributed by atoms with Crippen LogP contribution in [0.15, 0.2) is 106 Å². The number of nitrogens with zero attached hydrogens (tertiary/aromatic N) is 3. The number of rotatable bonds is 7. The minimum absolute atomic E-state index is 0.155. The van der Waals surface area contributed by atoms with Crippen LogP contribution in [0.3, 0.4) is 0 Å². The van der Waals surface area contributed by atoms with Crippen LogP contribution in [-0.4, -0.2) is 27.1 Å². The fourth-order valence-corrected chi connectivity index (χ4v) is 7.20. The monoisotopic (exact) mass is 708 g/mol. The molecule has 0 aliphatic carbocycles. The number of halogens is 2. The van der Waals surface area contributed by atoms with Gasteiger partial charge in [0.25, 0.3) is 11.1 Å². The minimum atomic E-state index is -0.821. The summed E-state index contributed by atoms with van der Waals surface area (Å²) in [7, 11) is 0. The van der Waals surface area contributed by atoms with Gasteiger partial charge in [0.15, 0.2) is 15.1 Å². The Labute approximate surface area is 271 Å². The van der Waals surface area contributed by atoms with Crippen LogP contribution < -0.4 is 20.5 Å². The van der Waals surface area contributed by atoms with Gasteiger partial charge in [-0.1, -0.05) is 65.4 Å². The van der Waals surface area contributed by atoms with Crippen LogP contribution in [0.25, 0.3) is 11.8 Å². The van der Waals surface area contributed by atoms with E-state index in [1.807, 2.05) is 30.3 Å². The molecule has 13 heteroatoms. The van der Waals surface area contributed by atoms with Gasteiger partial charge in [-0.25, -0.2) is 14.8 Å². The van der Waals surface area contributed by atoms with Crippen molar-refractivity contribution in [2.45, 2.75) is 30.1 Å². The molecule has 6 rings (SSSR count). The van der Waals surface area contributed by atoms with Gasteiger partial charge >= 0.3 is 5.97 Å². The number of carbonyl (C=O) groups is 1. The molecule has 9 nitrogen and oxygen atoms in total. The first-order valence-electron chi connectivity index (χ1n) is 13.3. The second-order valence-electron chi connectivity index (χ2n) is 9.56. The number of hydrogen-bond acceptors (Lipinski definition) is 9. The van der Waals surface area contributed by atoms with Crippen LogP contribution in [0.2, 0.25) is 5.02 Å². The molecule has 5 aromatic rings. The summed E-state index contributed by atoms with van der Waals surface area (Å²) in [4.78, 5) is 51.8. The first-order valence-corrected chi connectivity index (χ1v) is 16.1. The van der Waals surface area contributed by atoms with E-state index < -0.39 is 12.0 Å². The maximum Gasteiger partial charge on any atom is 0.338 e. The fraction of sp³-hybridized carbons (Fsp3) is 0.129. The smallest absolute Gasteiger partial charge is 0.338 e. The normalized spacial score (nSPS) is 14.8. The maximum absolute atomic E-state index is 14.1. The van der Waals surface area contributed by atoms with E-state index >= 15 is 0 Å². The number of aryl methyl sites for hydroxylation is 1. The number of thiazole rings is 1. The van der Waals surface area contributed by atoms with Crippen molar-refractivity contribution in [2.24, 2.45) is 4.99 Å². The van der Waals surface area contributed by atoms with E-state index in [1.165, 1.54) is 22.0 Å². The minimum Gasteiger partial charge on any atom is -0.463 e. The van der Waals surface area contributed by atoms with E-state index in [2.05, 4.69) is 25.9 Å². The Morgan fingerprint density at radius 2 is 1.93 bits per heavy atom. The van der Waals surface area contributed by atoms with Crippen LogP contribution in [0.4, 0.5) is 0 Å². The van der Waals surface area contributed by atoms with Gasteiger partial charge in [0.1, 0.15) is 5.76 Å². The SMILES string of the molecule is CCOC(=O)C1=C(c2ccccc2)N=c2s/c(=C/c3cc(Br)c(Sc4nc(C)cc(=O)[nH]4)o3)c(=O)n2[C@H]1c1ccc(Cl)cc1. The Kier molecular flexibility index (Phi) is 8.59. The van der Waals surface area contributed by atoms with E-state index in [9.17, 15) is 14.4 Å². The first-order chi connectivity index (χ1) is 21.2. The second kappa shape index (κ2) is 12.6. The summed E-state index contributed by atoms with van der Waals surface area (Å²) in [6, 6.07) is 18.6. The Morgan fingerprint density at radius 1 is 1.18 bits per heavy atom. The molecule has 0 unspecified atom stereocenters. The van der Waals surface area contributed by atoms with Crippen LogP contribution in [0.1, 0.15) is 35.5 Å². The molecule has 1 aliphatic rings. The number of aromatic amines is 1. The van der Waals surface area contributed by atoms with Crippen LogP contribution in [0.5, 0.6) is 0 Å². The van der Waals surface area contributed by atoms with Crippen molar-refractivity contribution >= 4 is 68.4 Å². The summed E-state index contributed by atoms with van der Waals surface area (Å²) < 4.78 is 14.0. The molecule has 0 radical (unpaired) electrons. The highest BCUT2D eigenvalue weighted by Gasteiger charge is 2.35. The lowest BCUT2D eigenvalue weighted by molar-refractivity contribution is -0.138. The third-order valence-electron chi connectivity index (χ3n) is 6.54. The molecule has 0 amide bonds. The molecule has 1 atom stereocenters. The Bertz CT molecular complexity index is 2170. The predicted molar refractivity (Wildman–Crippen MR) is 173 cm³/mol. The Hall–Kier alpha value is -3.97. The van der Waals surface area contributed by atoms with Crippen molar-refractivity contribution in [3.63, 3.8) is 0 Å². The lowest BCUT2D eigenvalue weighted by Gasteiger charge is -2.25. The summed E-state index contributed by atoms with van der Waals surface area (Å²) in [5.74, 6) is -0.167. The second-order valence-corrected chi connectivity index (χ2v) is 12.8. The molecule has 0 saturated carbocycles. The molecule has 0 spiro atoms. The van der Waals surface area contributed by atoms with Crippen LogP contribution in [-0.2, 0) is 9.53 Å². The van der Waals surface area contributed by atoms with Crippen molar-refractivity contribution in [3.05, 3.63) is 134 Å². The predicted octanol–water partition coefficient (Wildman–Crippen LogP) is 5.49. The van der Waals surface area contributed by atoms with Gasteiger partial charge < -0.3 is 14.1 Å². The number of carbonyl (C=O) groups excluding carboxylic acids is 1. The van der Waals surface area contributed by atoms with Crippen molar-refractivity contribution in [1.29, 1.82) is 0 Å². The molecule has 1 aliphatic heterocycles.